The molecule has 0 aliphatic rings. The highest BCUT2D eigenvalue weighted by Crippen LogP contribution is 2.24. The van der Waals surface area contributed by atoms with Gasteiger partial charge in [0, 0.05) is 0 Å². The maximum Gasteiger partial charge on any atom is 0.119 e. The van der Waals surface area contributed by atoms with Crippen molar-refractivity contribution in [1.29, 1.82) is 0 Å². The maximum absolute atomic E-state index is 5.41. The third-order valence-corrected chi connectivity index (χ3v) is 2.59. The third-order valence-electron chi connectivity index (χ3n) is 2.59. The van der Waals surface area contributed by atoms with Crippen LogP contribution in [0.1, 0.15) is 6.92 Å². The van der Waals surface area contributed by atoms with E-state index in [1.165, 1.54) is 11.1 Å². The molecule has 88 valence electrons. The van der Waals surface area contributed by atoms with Crippen molar-refractivity contribution in [1.82, 2.24) is 0 Å². The molecule has 0 amide bonds. The van der Waals surface area contributed by atoms with Crippen LogP contribution in [0.15, 0.2) is 48.5 Å². The first-order valence-electron chi connectivity index (χ1n) is 5.71. The lowest BCUT2D eigenvalue weighted by molar-refractivity contribution is 0.340. The van der Waals surface area contributed by atoms with Crippen LogP contribution in [0.5, 0.6) is 11.5 Å². The average molecular weight is 228 g/mol. The topological polar surface area (TPSA) is 18.5 Å². The van der Waals surface area contributed by atoms with Gasteiger partial charge in [-0.05, 0) is 42.3 Å². The van der Waals surface area contributed by atoms with Gasteiger partial charge < -0.3 is 9.47 Å². The van der Waals surface area contributed by atoms with E-state index in [0.717, 1.165) is 11.5 Å². The van der Waals surface area contributed by atoms with Gasteiger partial charge in [-0.3, -0.25) is 0 Å². The Balaban J connectivity index is 2.20. The van der Waals surface area contributed by atoms with E-state index in [9.17, 15) is 0 Å². The molecule has 0 fully saturated rings. The van der Waals surface area contributed by atoms with Gasteiger partial charge in [-0.25, -0.2) is 0 Å². The van der Waals surface area contributed by atoms with Crippen LogP contribution >= 0.6 is 0 Å². The van der Waals surface area contributed by atoms with Gasteiger partial charge in [0.2, 0.25) is 0 Å². The van der Waals surface area contributed by atoms with E-state index >= 15 is 0 Å². The highest BCUT2D eigenvalue weighted by atomic mass is 16.5. The van der Waals surface area contributed by atoms with Gasteiger partial charge in [-0.2, -0.15) is 0 Å². The quantitative estimate of drug-likeness (QED) is 0.793. The van der Waals surface area contributed by atoms with E-state index in [4.69, 9.17) is 9.47 Å². The molecule has 0 bridgehead atoms. The molecule has 0 atom stereocenters. The molecule has 0 spiro atoms. The standard InChI is InChI=1S/C15H16O2/c1-3-17-15-10-6-13(7-11-15)12-4-8-14(16-2)9-5-12/h4-11H,3H2,1-2H3. The Labute approximate surface area is 102 Å². The summed E-state index contributed by atoms with van der Waals surface area (Å²) in [6.07, 6.45) is 0. The van der Waals surface area contributed by atoms with E-state index in [2.05, 4.69) is 24.3 Å². The van der Waals surface area contributed by atoms with Crippen molar-refractivity contribution in [3.8, 4) is 22.6 Å². The average Bonchev–Trinajstić information content (AvgIpc) is 2.40. The summed E-state index contributed by atoms with van der Waals surface area (Å²) in [5.74, 6) is 1.78. The van der Waals surface area contributed by atoms with E-state index < -0.39 is 0 Å². The monoisotopic (exact) mass is 228 g/mol. The van der Waals surface area contributed by atoms with E-state index in [1.807, 2.05) is 31.2 Å². The summed E-state index contributed by atoms with van der Waals surface area (Å²) in [5.41, 5.74) is 2.35. The minimum absolute atomic E-state index is 0.696. The number of hydrogen-bond acceptors (Lipinski definition) is 2. The fourth-order valence-corrected chi connectivity index (χ4v) is 1.69. The second-order valence-corrected chi connectivity index (χ2v) is 3.69. The Hall–Kier alpha value is -1.96. The zero-order valence-electron chi connectivity index (χ0n) is 10.1. The van der Waals surface area contributed by atoms with Gasteiger partial charge in [-0.15, -0.1) is 0 Å². The molecule has 0 aliphatic heterocycles. The molecular weight excluding hydrogens is 212 g/mol. The molecule has 2 heteroatoms. The molecule has 0 N–H and O–H groups in total. The highest BCUT2D eigenvalue weighted by Gasteiger charge is 1.99. The predicted molar refractivity (Wildman–Crippen MR) is 69.6 cm³/mol. The smallest absolute Gasteiger partial charge is 0.119 e. The van der Waals surface area contributed by atoms with Crippen LogP contribution in [0.2, 0.25) is 0 Å². The van der Waals surface area contributed by atoms with Crippen molar-refractivity contribution in [2.75, 3.05) is 13.7 Å². The van der Waals surface area contributed by atoms with Crippen LogP contribution in [-0.4, -0.2) is 13.7 Å². The summed E-state index contributed by atoms with van der Waals surface area (Å²) in [6, 6.07) is 16.1. The van der Waals surface area contributed by atoms with Crippen LogP contribution < -0.4 is 9.47 Å². The Morgan fingerprint density at radius 3 is 1.65 bits per heavy atom. The summed E-state index contributed by atoms with van der Waals surface area (Å²) in [4.78, 5) is 0. The zero-order valence-corrected chi connectivity index (χ0v) is 10.1. The van der Waals surface area contributed by atoms with Crippen LogP contribution in [0.25, 0.3) is 11.1 Å². The minimum atomic E-state index is 0.696. The van der Waals surface area contributed by atoms with Crippen molar-refractivity contribution in [3.05, 3.63) is 48.5 Å². The van der Waals surface area contributed by atoms with Crippen molar-refractivity contribution < 1.29 is 9.47 Å². The molecule has 0 aromatic heterocycles. The number of methoxy groups -OCH3 is 1. The van der Waals surface area contributed by atoms with E-state index in [-0.39, 0.29) is 0 Å². The second kappa shape index (κ2) is 5.39. The van der Waals surface area contributed by atoms with Crippen LogP contribution in [0, 0.1) is 0 Å². The van der Waals surface area contributed by atoms with Gasteiger partial charge in [0.1, 0.15) is 11.5 Å². The summed E-state index contributed by atoms with van der Waals surface area (Å²) >= 11 is 0. The summed E-state index contributed by atoms with van der Waals surface area (Å²) in [5, 5.41) is 0. The predicted octanol–water partition coefficient (Wildman–Crippen LogP) is 3.76. The fraction of sp³-hybridized carbons (Fsp3) is 0.200. The lowest BCUT2D eigenvalue weighted by Crippen LogP contribution is -1.90. The van der Waals surface area contributed by atoms with Crippen LogP contribution in [0.4, 0.5) is 0 Å². The molecule has 2 nitrogen and oxygen atoms in total. The number of benzene rings is 2. The second-order valence-electron chi connectivity index (χ2n) is 3.69. The van der Waals surface area contributed by atoms with Gasteiger partial charge >= 0.3 is 0 Å². The molecule has 17 heavy (non-hydrogen) atoms. The number of rotatable bonds is 4. The van der Waals surface area contributed by atoms with Crippen molar-refractivity contribution >= 4 is 0 Å². The summed E-state index contributed by atoms with van der Waals surface area (Å²) < 4.78 is 10.5. The van der Waals surface area contributed by atoms with Gasteiger partial charge in [0.15, 0.2) is 0 Å². The molecule has 0 radical (unpaired) electrons. The largest absolute Gasteiger partial charge is 0.497 e. The molecule has 0 heterocycles. The maximum atomic E-state index is 5.41. The van der Waals surface area contributed by atoms with Crippen molar-refractivity contribution in [2.24, 2.45) is 0 Å². The minimum Gasteiger partial charge on any atom is -0.497 e. The molecule has 2 aromatic rings. The van der Waals surface area contributed by atoms with Gasteiger partial charge in [0.05, 0.1) is 13.7 Å². The lowest BCUT2D eigenvalue weighted by Gasteiger charge is -2.06. The van der Waals surface area contributed by atoms with Crippen molar-refractivity contribution in [2.45, 2.75) is 6.92 Å². The zero-order chi connectivity index (χ0) is 12.1. The molecule has 0 saturated heterocycles. The highest BCUT2D eigenvalue weighted by molar-refractivity contribution is 5.64. The summed E-state index contributed by atoms with van der Waals surface area (Å²) in [7, 11) is 1.67. The fourth-order valence-electron chi connectivity index (χ4n) is 1.69. The first-order chi connectivity index (χ1) is 8.33. The number of ether oxygens (including phenoxy) is 2. The van der Waals surface area contributed by atoms with Crippen LogP contribution in [-0.2, 0) is 0 Å². The van der Waals surface area contributed by atoms with Gasteiger partial charge in [-0.1, -0.05) is 24.3 Å². The van der Waals surface area contributed by atoms with Crippen LogP contribution in [0.3, 0.4) is 0 Å². The Morgan fingerprint density at radius 2 is 1.24 bits per heavy atom. The van der Waals surface area contributed by atoms with Gasteiger partial charge in [0.25, 0.3) is 0 Å². The molecular formula is C15H16O2. The Bertz CT molecular complexity index is 457. The van der Waals surface area contributed by atoms with E-state index in [0.29, 0.717) is 6.61 Å². The molecule has 0 unspecified atom stereocenters. The third kappa shape index (κ3) is 2.78. The SMILES string of the molecule is CCOc1ccc(-c2ccc(OC)cc2)cc1. The molecule has 2 rings (SSSR count). The van der Waals surface area contributed by atoms with Crippen molar-refractivity contribution in [3.63, 3.8) is 0 Å². The molecule has 0 saturated carbocycles. The first kappa shape index (κ1) is 11.5. The first-order valence-corrected chi connectivity index (χ1v) is 5.71. The molecule has 0 aliphatic carbocycles. The summed E-state index contributed by atoms with van der Waals surface area (Å²) in [6.45, 7) is 2.68. The lowest BCUT2D eigenvalue weighted by atomic mass is 10.1. The Morgan fingerprint density at radius 1 is 0.765 bits per heavy atom. The molecule has 2 aromatic carbocycles. The van der Waals surface area contributed by atoms with E-state index in [1.54, 1.807) is 7.11 Å². The normalized spacial score (nSPS) is 10.0. The number of hydrogen-bond donors (Lipinski definition) is 0. The Kier molecular flexibility index (Phi) is 3.66.